The molecular formula is C3H9IOSSi. The van der Waals surface area contributed by atoms with Gasteiger partial charge < -0.3 is 0 Å². The maximum absolute atomic E-state index is 10.6. The van der Waals surface area contributed by atoms with Gasteiger partial charge in [-0.1, -0.05) is 19.6 Å². The summed E-state index contributed by atoms with van der Waals surface area (Å²) >= 11 is 1.98. The molecule has 0 saturated carbocycles. The molecule has 0 radical (unpaired) electrons. The molecule has 0 rings (SSSR count). The summed E-state index contributed by atoms with van der Waals surface area (Å²) in [5.74, 6) is 0. The minimum absolute atomic E-state index is 0.574. The van der Waals surface area contributed by atoms with Crippen LogP contribution in [0.15, 0.2) is 0 Å². The van der Waals surface area contributed by atoms with E-state index < -0.39 is 14.6 Å². The molecule has 0 aromatic heterocycles. The average Bonchev–Trinajstić information content (AvgIpc) is 1.31. The lowest BCUT2D eigenvalue weighted by Crippen LogP contribution is -2.22. The molecule has 1 atom stereocenters. The lowest BCUT2D eigenvalue weighted by atomic mass is 11.8. The van der Waals surface area contributed by atoms with Gasteiger partial charge in [0.15, 0.2) is 7.22 Å². The summed E-state index contributed by atoms with van der Waals surface area (Å²) < 4.78 is 10.6. The van der Waals surface area contributed by atoms with Crippen LogP contribution in [0.25, 0.3) is 0 Å². The summed E-state index contributed by atoms with van der Waals surface area (Å²) in [6.07, 6.45) is 0. The topological polar surface area (TPSA) is 17.1 Å². The van der Waals surface area contributed by atoms with Gasteiger partial charge in [0.05, 0.1) is 7.42 Å². The molecule has 0 saturated heterocycles. The Bertz CT molecular complexity index is 87.4. The molecule has 0 aromatic rings. The molecule has 0 heterocycles. The maximum Gasteiger partial charge on any atom is 0.162 e. The zero-order valence-corrected chi connectivity index (χ0v) is 8.67. The SMILES string of the molecule is C[Si](C)(C)S(=O)I. The third-order valence-corrected chi connectivity index (χ3v) is 16.2. The first kappa shape index (κ1) is 8.10. The molecule has 0 aromatic carbocycles. The molecule has 1 nitrogen and oxygen atoms in total. The molecular weight excluding hydrogens is 239 g/mol. The summed E-state index contributed by atoms with van der Waals surface area (Å²) in [6.45, 7) is 6.28. The van der Waals surface area contributed by atoms with E-state index >= 15 is 0 Å². The van der Waals surface area contributed by atoms with Gasteiger partial charge in [0.2, 0.25) is 0 Å². The van der Waals surface area contributed by atoms with Crippen molar-refractivity contribution in [2.24, 2.45) is 0 Å². The van der Waals surface area contributed by atoms with E-state index in [1.165, 1.54) is 0 Å². The van der Waals surface area contributed by atoms with E-state index in [1.807, 2.05) is 21.2 Å². The van der Waals surface area contributed by atoms with Gasteiger partial charge in [-0.25, -0.2) is 0 Å². The standard InChI is InChI=1S/C3H9IOSSi/c1-7(2,3)6(4)5/h1-3H3. The second-order valence-corrected chi connectivity index (χ2v) is 16.7. The van der Waals surface area contributed by atoms with Crippen LogP contribution in [0, 0.1) is 0 Å². The third-order valence-electron chi connectivity index (χ3n) is 0.481. The molecule has 7 heavy (non-hydrogen) atoms. The first-order valence-corrected chi connectivity index (χ1v) is 9.94. The molecule has 1 unspecified atom stereocenters. The summed E-state index contributed by atoms with van der Waals surface area (Å²) in [5.41, 5.74) is 0. The van der Waals surface area contributed by atoms with E-state index in [2.05, 4.69) is 19.6 Å². The monoisotopic (exact) mass is 248 g/mol. The molecule has 0 spiro atoms. The molecule has 0 bridgehead atoms. The zero-order chi connectivity index (χ0) is 6.08. The fraction of sp³-hybridized carbons (Fsp3) is 1.00. The van der Waals surface area contributed by atoms with Crippen molar-refractivity contribution >= 4 is 35.8 Å². The van der Waals surface area contributed by atoms with Gasteiger partial charge >= 0.3 is 0 Å². The van der Waals surface area contributed by atoms with Crippen LogP contribution in [-0.4, -0.2) is 11.4 Å². The summed E-state index contributed by atoms with van der Waals surface area (Å²) in [6, 6.07) is 0. The van der Waals surface area contributed by atoms with Crippen LogP contribution >= 0.6 is 21.2 Å². The fourth-order valence-corrected chi connectivity index (χ4v) is 0. The van der Waals surface area contributed by atoms with Crippen molar-refractivity contribution in [2.75, 3.05) is 0 Å². The van der Waals surface area contributed by atoms with Gasteiger partial charge in [0.1, 0.15) is 0 Å². The van der Waals surface area contributed by atoms with E-state index in [9.17, 15) is 4.21 Å². The second-order valence-electron chi connectivity index (χ2n) is 2.34. The van der Waals surface area contributed by atoms with Gasteiger partial charge in [-0.05, 0) is 0 Å². The highest BCUT2D eigenvalue weighted by Crippen LogP contribution is 2.12. The molecule has 0 N–H and O–H groups in total. The Morgan fingerprint density at radius 1 is 1.43 bits per heavy atom. The Morgan fingerprint density at radius 2 is 1.57 bits per heavy atom. The lowest BCUT2D eigenvalue weighted by molar-refractivity contribution is 0.698. The van der Waals surface area contributed by atoms with Gasteiger partial charge in [0, 0.05) is 21.2 Å². The molecule has 0 aliphatic carbocycles. The number of halogens is 1. The lowest BCUT2D eigenvalue weighted by Gasteiger charge is -2.06. The van der Waals surface area contributed by atoms with E-state index in [4.69, 9.17) is 0 Å². The molecule has 4 heteroatoms. The number of hydrogen-bond donors (Lipinski definition) is 0. The molecule has 0 aliphatic heterocycles. The van der Waals surface area contributed by atoms with Crippen LogP contribution in [0.2, 0.25) is 19.6 Å². The Kier molecular flexibility index (Phi) is 2.99. The van der Waals surface area contributed by atoms with Gasteiger partial charge in [-0.3, -0.25) is 4.21 Å². The summed E-state index contributed by atoms with van der Waals surface area (Å²) in [5, 5.41) is 0. The fourth-order valence-electron chi connectivity index (χ4n) is 0. The third kappa shape index (κ3) is 3.66. The molecule has 0 fully saturated rings. The normalized spacial score (nSPS) is 16.6. The predicted octanol–water partition coefficient (Wildman–Crippen LogP) is 1.92. The van der Waals surface area contributed by atoms with Crippen molar-refractivity contribution in [3.8, 4) is 0 Å². The first-order chi connectivity index (χ1) is 2.94. The van der Waals surface area contributed by atoms with Crippen molar-refractivity contribution in [2.45, 2.75) is 19.6 Å². The van der Waals surface area contributed by atoms with E-state index in [1.54, 1.807) is 0 Å². The Balaban J connectivity index is 3.79. The molecule has 0 amide bonds. The Morgan fingerprint density at radius 3 is 1.57 bits per heavy atom. The zero-order valence-electron chi connectivity index (χ0n) is 4.69. The highest BCUT2D eigenvalue weighted by molar-refractivity contribution is 14.2. The van der Waals surface area contributed by atoms with Crippen molar-refractivity contribution in [3.05, 3.63) is 0 Å². The van der Waals surface area contributed by atoms with Gasteiger partial charge in [0.25, 0.3) is 0 Å². The molecule has 44 valence electrons. The van der Waals surface area contributed by atoms with Gasteiger partial charge in [-0.2, -0.15) is 0 Å². The number of hydrogen-bond acceptors (Lipinski definition) is 1. The first-order valence-electron chi connectivity index (χ1n) is 2.03. The maximum atomic E-state index is 10.6. The minimum atomic E-state index is -1.28. The predicted molar refractivity (Wildman–Crippen MR) is 45.5 cm³/mol. The summed E-state index contributed by atoms with van der Waals surface area (Å²) in [4.78, 5) is 0. The quantitative estimate of drug-likeness (QED) is 0.393. The van der Waals surface area contributed by atoms with E-state index in [-0.39, 0.29) is 0 Å². The van der Waals surface area contributed by atoms with Crippen LogP contribution in [-0.2, 0) is 7.42 Å². The van der Waals surface area contributed by atoms with Crippen LogP contribution in [0.4, 0.5) is 0 Å². The van der Waals surface area contributed by atoms with Crippen LogP contribution in [0.3, 0.4) is 0 Å². The van der Waals surface area contributed by atoms with Crippen LogP contribution in [0.1, 0.15) is 0 Å². The highest BCUT2D eigenvalue weighted by Gasteiger charge is 2.19. The minimum Gasteiger partial charge on any atom is -0.256 e. The smallest absolute Gasteiger partial charge is 0.162 e. The Labute approximate surface area is 59.6 Å². The van der Waals surface area contributed by atoms with Crippen molar-refractivity contribution in [1.29, 1.82) is 0 Å². The van der Waals surface area contributed by atoms with Gasteiger partial charge in [-0.15, -0.1) is 0 Å². The Hall–Kier alpha value is 1.10. The molecule has 0 aliphatic rings. The van der Waals surface area contributed by atoms with Crippen molar-refractivity contribution < 1.29 is 4.21 Å². The summed E-state index contributed by atoms with van der Waals surface area (Å²) in [7, 11) is -1.85. The van der Waals surface area contributed by atoms with Crippen molar-refractivity contribution in [3.63, 3.8) is 0 Å². The average molecular weight is 248 g/mol. The van der Waals surface area contributed by atoms with E-state index in [0.717, 1.165) is 0 Å². The largest absolute Gasteiger partial charge is 0.256 e. The highest BCUT2D eigenvalue weighted by atomic mass is 127. The van der Waals surface area contributed by atoms with Crippen molar-refractivity contribution in [1.82, 2.24) is 0 Å². The second kappa shape index (κ2) is 2.59. The van der Waals surface area contributed by atoms with E-state index in [0.29, 0.717) is 0 Å². The van der Waals surface area contributed by atoms with Crippen LogP contribution < -0.4 is 0 Å². The van der Waals surface area contributed by atoms with Crippen LogP contribution in [0.5, 0.6) is 0 Å². The number of rotatable bonds is 1.